The first kappa shape index (κ1) is 13.9. The molecule has 0 saturated heterocycles. The highest BCUT2D eigenvalue weighted by Crippen LogP contribution is 2.22. The lowest BCUT2D eigenvalue weighted by atomic mass is 10.1. The Morgan fingerprint density at radius 1 is 1.10 bits per heavy atom. The fourth-order valence-electron chi connectivity index (χ4n) is 2.08. The smallest absolute Gasteiger partial charge is 0.323 e. The van der Waals surface area contributed by atoms with Gasteiger partial charge in [-0.1, -0.05) is 36.4 Å². The van der Waals surface area contributed by atoms with Crippen molar-refractivity contribution in [2.24, 2.45) is 0 Å². The molecule has 0 aliphatic heterocycles. The van der Waals surface area contributed by atoms with Gasteiger partial charge in [0.15, 0.2) is 0 Å². The zero-order valence-corrected chi connectivity index (χ0v) is 11.3. The van der Waals surface area contributed by atoms with Crippen LogP contribution in [0.25, 0.3) is 0 Å². The Morgan fingerprint density at radius 2 is 1.75 bits per heavy atom. The Bertz CT molecular complexity index is 569. The lowest BCUT2D eigenvalue weighted by Crippen LogP contribution is -2.29. The second-order valence-electron chi connectivity index (χ2n) is 4.40. The highest BCUT2D eigenvalue weighted by molar-refractivity contribution is 5.73. The largest absolute Gasteiger partial charge is 0.496 e. The molecule has 0 aromatic heterocycles. The number of nitrogens with zero attached hydrogens (tertiary/aromatic N) is 1. The van der Waals surface area contributed by atoms with Crippen LogP contribution >= 0.6 is 0 Å². The minimum atomic E-state index is -0.858. The molecule has 0 bridgehead atoms. The van der Waals surface area contributed by atoms with E-state index in [-0.39, 0.29) is 6.54 Å². The molecule has 0 radical (unpaired) electrons. The summed E-state index contributed by atoms with van der Waals surface area (Å²) in [5.74, 6) is -0.0948. The van der Waals surface area contributed by atoms with Gasteiger partial charge < -0.3 is 14.7 Å². The number of methoxy groups -OCH3 is 1. The molecule has 0 unspecified atom stereocenters. The number of benzene rings is 2. The van der Waals surface area contributed by atoms with Crippen molar-refractivity contribution in [3.63, 3.8) is 0 Å². The summed E-state index contributed by atoms with van der Waals surface area (Å²) in [4.78, 5) is 12.9. The molecule has 0 aliphatic carbocycles. The number of anilines is 1. The maximum Gasteiger partial charge on any atom is 0.323 e. The van der Waals surface area contributed by atoms with Gasteiger partial charge in [0, 0.05) is 17.8 Å². The molecule has 2 aromatic rings. The molecule has 0 spiro atoms. The van der Waals surface area contributed by atoms with E-state index in [1.54, 1.807) is 12.0 Å². The van der Waals surface area contributed by atoms with E-state index in [0.29, 0.717) is 6.54 Å². The van der Waals surface area contributed by atoms with Crippen LogP contribution in [-0.2, 0) is 11.3 Å². The Morgan fingerprint density at radius 3 is 2.40 bits per heavy atom. The molecule has 0 amide bonds. The van der Waals surface area contributed by atoms with Gasteiger partial charge in [-0.3, -0.25) is 4.79 Å². The van der Waals surface area contributed by atoms with Crippen molar-refractivity contribution in [2.75, 3.05) is 18.6 Å². The fraction of sp³-hybridized carbons (Fsp3) is 0.188. The monoisotopic (exact) mass is 271 g/mol. The minimum absolute atomic E-state index is 0.0535. The van der Waals surface area contributed by atoms with Crippen LogP contribution < -0.4 is 9.64 Å². The number of aliphatic carboxylic acids is 1. The first-order chi connectivity index (χ1) is 9.70. The zero-order chi connectivity index (χ0) is 14.4. The van der Waals surface area contributed by atoms with Gasteiger partial charge in [-0.05, 0) is 18.2 Å². The van der Waals surface area contributed by atoms with Crippen LogP contribution in [0, 0.1) is 0 Å². The van der Waals surface area contributed by atoms with E-state index in [1.807, 2.05) is 54.6 Å². The molecular formula is C16H17NO3. The number of carboxylic acid groups (broad SMARTS) is 1. The van der Waals surface area contributed by atoms with Crippen LogP contribution in [0.2, 0.25) is 0 Å². The van der Waals surface area contributed by atoms with Gasteiger partial charge in [0.05, 0.1) is 7.11 Å². The van der Waals surface area contributed by atoms with E-state index in [1.165, 1.54) is 0 Å². The second kappa shape index (κ2) is 6.61. The summed E-state index contributed by atoms with van der Waals surface area (Å²) < 4.78 is 5.31. The van der Waals surface area contributed by atoms with Crippen LogP contribution in [0.5, 0.6) is 5.75 Å². The molecule has 0 atom stereocenters. The van der Waals surface area contributed by atoms with Gasteiger partial charge in [0.1, 0.15) is 12.3 Å². The van der Waals surface area contributed by atoms with Crippen molar-refractivity contribution in [1.82, 2.24) is 0 Å². The Balaban J connectivity index is 2.26. The Kier molecular flexibility index (Phi) is 4.60. The first-order valence-electron chi connectivity index (χ1n) is 6.34. The van der Waals surface area contributed by atoms with E-state index in [9.17, 15) is 4.79 Å². The first-order valence-corrected chi connectivity index (χ1v) is 6.34. The third-order valence-electron chi connectivity index (χ3n) is 3.00. The van der Waals surface area contributed by atoms with E-state index in [0.717, 1.165) is 17.0 Å². The molecule has 4 heteroatoms. The Hall–Kier alpha value is -2.49. The number of rotatable bonds is 6. The normalized spacial score (nSPS) is 10.1. The van der Waals surface area contributed by atoms with Gasteiger partial charge >= 0.3 is 5.97 Å². The average Bonchev–Trinajstić information content (AvgIpc) is 2.47. The summed E-state index contributed by atoms with van der Waals surface area (Å²) in [5.41, 5.74) is 1.83. The van der Waals surface area contributed by atoms with Crippen molar-refractivity contribution < 1.29 is 14.6 Å². The predicted octanol–water partition coefficient (Wildman–Crippen LogP) is 2.79. The van der Waals surface area contributed by atoms with Crippen LogP contribution in [-0.4, -0.2) is 24.7 Å². The fourth-order valence-corrected chi connectivity index (χ4v) is 2.08. The van der Waals surface area contributed by atoms with Gasteiger partial charge in [-0.25, -0.2) is 0 Å². The minimum Gasteiger partial charge on any atom is -0.496 e. The molecule has 4 nitrogen and oxygen atoms in total. The number of ether oxygens (including phenoxy) is 1. The Labute approximate surface area is 118 Å². The van der Waals surface area contributed by atoms with Crippen LogP contribution in [0.3, 0.4) is 0 Å². The summed E-state index contributed by atoms with van der Waals surface area (Å²) in [6.07, 6.45) is 0. The van der Waals surface area contributed by atoms with E-state index < -0.39 is 5.97 Å². The number of carboxylic acids is 1. The molecule has 1 N–H and O–H groups in total. The summed E-state index contributed by atoms with van der Waals surface area (Å²) >= 11 is 0. The molecule has 2 aromatic carbocycles. The predicted molar refractivity (Wildman–Crippen MR) is 78.1 cm³/mol. The van der Waals surface area contributed by atoms with Crippen molar-refractivity contribution >= 4 is 11.7 Å². The molecule has 0 heterocycles. The summed E-state index contributed by atoms with van der Waals surface area (Å²) in [6.45, 7) is 0.433. The third-order valence-corrected chi connectivity index (χ3v) is 3.00. The maximum absolute atomic E-state index is 11.1. The van der Waals surface area contributed by atoms with Gasteiger partial charge in [0.25, 0.3) is 0 Å². The molecule has 104 valence electrons. The lowest BCUT2D eigenvalue weighted by molar-refractivity contribution is -0.135. The van der Waals surface area contributed by atoms with Crippen molar-refractivity contribution in [1.29, 1.82) is 0 Å². The van der Waals surface area contributed by atoms with Crippen molar-refractivity contribution in [2.45, 2.75) is 6.54 Å². The number of hydrogen-bond donors (Lipinski definition) is 1. The lowest BCUT2D eigenvalue weighted by Gasteiger charge is -2.23. The highest BCUT2D eigenvalue weighted by Gasteiger charge is 2.13. The molecule has 0 saturated carbocycles. The highest BCUT2D eigenvalue weighted by atomic mass is 16.5. The summed E-state index contributed by atoms with van der Waals surface area (Å²) in [7, 11) is 1.61. The van der Waals surface area contributed by atoms with E-state index in [2.05, 4.69) is 0 Å². The molecule has 2 rings (SSSR count). The van der Waals surface area contributed by atoms with Gasteiger partial charge in [0.2, 0.25) is 0 Å². The molecule has 0 aliphatic rings. The molecule has 0 fully saturated rings. The SMILES string of the molecule is COc1ccccc1CN(CC(=O)O)c1ccccc1. The quantitative estimate of drug-likeness (QED) is 0.877. The zero-order valence-electron chi connectivity index (χ0n) is 11.3. The molecular weight excluding hydrogens is 254 g/mol. The average molecular weight is 271 g/mol. The number of carbonyl (C=O) groups is 1. The topological polar surface area (TPSA) is 49.8 Å². The van der Waals surface area contributed by atoms with Crippen LogP contribution in [0.15, 0.2) is 54.6 Å². The summed E-state index contributed by atoms with van der Waals surface area (Å²) in [6, 6.07) is 17.1. The van der Waals surface area contributed by atoms with Gasteiger partial charge in [-0.2, -0.15) is 0 Å². The van der Waals surface area contributed by atoms with Crippen molar-refractivity contribution in [3.05, 3.63) is 60.2 Å². The van der Waals surface area contributed by atoms with Crippen LogP contribution in [0.1, 0.15) is 5.56 Å². The van der Waals surface area contributed by atoms with Gasteiger partial charge in [-0.15, -0.1) is 0 Å². The van der Waals surface area contributed by atoms with Crippen molar-refractivity contribution in [3.8, 4) is 5.75 Å². The summed E-state index contributed by atoms with van der Waals surface area (Å²) in [5, 5.41) is 9.08. The number of para-hydroxylation sites is 2. The van der Waals surface area contributed by atoms with Crippen LogP contribution in [0.4, 0.5) is 5.69 Å². The standard InChI is InChI=1S/C16H17NO3/c1-20-15-10-6-5-7-13(15)11-17(12-16(18)19)14-8-3-2-4-9-14/h2-10H,11-12H2,1H3,(H,18,19). The van der Waals surface area contributed by atoms with E-state index in [4.69, 9.17) is 9.84 Å². The third kappa shape index (κ3) is 3.51. The molecule has 20 heavy (non-hydrogen) atoms. The van der Waals surface area contributed by atoms with E-state index >= 15 is 0 Å². The second-order valence-corrected chi connectivity index (χ2v) is 4.40. The maximum atomic E-state index is 11.1. The number of hydrogen-bond acceptors (Lipinski definition) is 3.